The number of rotatable bonds is 11. The standard InChI is InChI=1S/C22H32N6O6S/c1-5-9-18-14-28(35(31,32)25-13-12-24-20(30)34-21(2,3)4)16-22(18,26-27-23)19(29)33-15-17-10-7-6-8-11-17/h5-8,10-11,18,25H,1,9,12-16H2,2-4H3,(H,24,30)/t18-,22-/m0/s1. The fourth-order valence-electron chi connectivity index (χ4n) is 3.58. The Balaban J connectivity index is 2.09. The minimum absolute atomic E-state index is 0.0152. The van der Waals surface area contributed by atoms with Gasteiger partial charge in [0.25, 0.3) is 10.2 Å². The summed E-state index contributed by atoms with van der Waals surface area (Å²) in [5.74, 6) is -1.48. The highest BCUT2D eigenvalue weighted by Gasteiger charge is 2.55. The summed E-state index contributed by atoms with van der Waals surface area (Å²) in [5, 5.41) is 6.19. The zero-order chi connectivity index (χ0) is 26.1. The minimum atomic E-state index is -4.07. The molecule has 35 heavy (non-hydrogen) atoms. The Kier molecular flexibility index (Phi) is 9.66. The van der Waals surface area contributed by atoms with Gasteiger partial charge in [0.15, 0.2) is 5.54 Å². The maximum Gasteiger partial charge on any atom is 0.407 e. The van der Waals surface area contributed by atoms with Crippen LogP contribution >= 0.6 is 0 Å². The van der Waals surface area contributed by atoms with Gasteiger partial charge in [-0.05, 0) is 44.2 Å². The number of esters is 1. The second-order valence-corrected chi connectivity index (χ2v) is 10.8. The minimum Gasteiger partial charge on any atom is -0.460 e. The number of nitrogens with one attached hydrogen (secondary N) is 2. The molecule has 2 rings (SSSR count). The predicted octanol–water partition coefficient (Wildman–Crippen LogP) is 2.65. The quantitative estimate of drug-likeness (QED) is 0.117. The molecule has 0 radical (unpaired) electrons. The van der Waals surface area contributed by atoms with Gasteiger partial charge in [-0.3, -0.25) is 4.79 Å². The molecule has 13 heteroatoms. The van der Waals surface area contributed by atoms with Crippen molar-refractivity contribution in [2.75, 3.05) is 26.2 Å². The summed E-state index contributed by atoms with van der Waals surface area (Å²) >= 11 is 0. The van der Waals surface area contributed by atoms with Gasteiger partial charge in [-0.25, -0.2) is 9.52 Å². The summed E-state index contributed by atoms with van der Waals surface area (Å²) in [4.78, 5) is 27.7. The average Bonchev–Trinajstić information content (AvgIpc) is 3.15. The Hall–Kier alpha value is -3.12. The highest BCUT2D eigenvalue weighted by Crippen LogP contribution is 2.37. The summed E-state index contributed by atoms with van der Waals surface area (Å²) < 4.78 is 39.8. The first-order valence-corrected chi connectivity index (χ1v) is 12.5. The molecule has 1 aliphatic heterocycles. The van der Waals surface area contributed by atoms with Gasteiger partial charge < -0.3 is 14.8 Å². The van der Waals surface area contributed by atoms with Crippen LogP contribution in [0.3, 0.4) is 0 Å². The van der Waals surface area contributed by atoms with E-state index >= 15 is 0 Å². The van der Waals surface area contributed by atoms with Gasteiger partial charge in [-0.1, -0.05) is 41.5 Å². The number of allylic oxidation sites excluding steroid dienone is 1. The largest absolute Gasteiger partial charge is 0.460 e. The zero-order valence-corrected chi connectivity index (χ0v) is 21.0. The van der Waals surface area contributed by atoms with Crippen LogP contribution in [-0.2, 0) is 31.1 Å². The fourth-order valence-corrected chi connectivity index (χ4v) is 4.86. The van der Waals surface area contributed by atoms with E-state index in [0.29, 0.717) is 0 Å². The fraction of sp³-hybridized carbons (Fsp3) is 0.545. The highest BCUT2D eigenvalue weighted by atomic mass is 32.2. The van der Waals surface area contributed by atoms with E-state index in [9.17, 15) is 23.5 Å². The smallest absolute Gasteiger partial charge is 0.407 e. The van der Waals surface area contributed by atoms with E-state index < -0.39 is 45.9 Å². The third kappa shape index (κ3) is 7.96. The van der Waals surface area contributed by atoms with Crippen LogP contribution in [0.4, 0.5) is 4.79 Å². The van der Waals surface area contributed by atoms with Crippen LogP contribution < -0.4 is 10.0 Å². The van der Waals surface area contributed by atoms with E-state index in [1.54, 1.807) is 45.0 Å². The number of carbonyl (C=O) groups excluding carboxylic acids is 2. The number of hydrogen-bond acceptors (Lipinski definition) is 7. The molecular formula is C22H32N6O6S. The van der Waals surface area contributed by atoms with Crippen molar-refractivity contribution in [2.24, 2.45) is 11.0 Å². The van der Waals surface area contributed by atoms with E-state index in [1.807, 2.05) is 6.07 Å². The van der Waals surface area contributed by atoms with Gasteiger partial charge in [-0.15, -0.1) is 6.58 Å². The molecule has 1 saturated heterocycles. The normalized spacial score (nSPS) is 20.5. The molecule has 2 atom stereocenters. The highest BCUT2D eigenvalue weighted by molar-refractivity contribution is 7.87. The van der Waals surface area contributed by atoms with Crippen molar-refractivity contribution in [3.8, 4) is 0 Å². The molecule has 0 aromatic heterocycles. The number of azide groups is 1. The Morgan fingerprint density at radius 2 is 2.00 bits per heavy atom. The maximum atomic E-state index is 13.1. The molecule has 1 amide bonds. The molecule has 192 valence electrons. The van der Waals surface area contributed by atoms with Crippen molar-refractivity contribution < 1.29 is 27.5 Å². The molecular weight excluding hydrogens is 476 g/mol. The molecule has 0 saturated carbocycles. The molecule has 1 fully saturated rings. The molecule has 1 heterocycles. The number of hydrogen-bond donors (Lipinski definition) is 2. The van der Waals surface area contributed by atoms with Crippen LogP contribution in [-0.4, -0.2) is 62.1 Å². The molecule has 0 unspecified atom stereocenters. The third-order valence-corrected chi connectivity index (χ3v) is 6.70. The average molecular weight is 509 g/mol. The summed E-state index contributed by atoms with van der Waals surface area (Å²) in [5.41, 5.74) is 7.50. The number of ether oxygens (including phenoxy) is 2. The van der Waals surface area contributed by atoms with E-state index in [-0.39, 0.29) is 32.7 Å². The lowest BCUT2D eigenvalue weighted by atomic mass is 9.85. The lowest BCUT2D eigenvalue weighted by Crippen LogP contribution is -2.47. The van der Waals surface area contributed by atoms with Crippen LogP contribution in [0.25, 0.3) is 10.4 Å². The Morgan fingerprint density at radius 3 is 2.60 bits per heavy atom. The first-order chi connectivity index (χ1) is 16.4. The van der Waals surface area contributed by atoms with Crippen LogP contribution in [0.1, 0.15) is 32.8 Å². The lowest BCUT2D eigenvalue weighted by Gasteiger charge is -2.26. The van der Waals surface area contributed by atoms with Gasteiger partial charge in [0.2, 0.25) is 0 Å². The number of amides is 1. The monoisotopic (exact) mass is 508 g/mol. The van der Waals surface area contributed by atoms with E-state index in [2.05, 4.69) is 26.6 Å². The lowest BCUT2D eigenvalue weighted by molar-refractivity contribution is -0.152. The topological polar surface area (TPSA) is 163 Å². The van der Waals surface area contributed by atoms with Crippen LogP contribution in [0.15, 0.2) is 48.1 Å². The molecule has 0 bridgehead atoms. The van der Waals surface area contributed by atoms with Gasteiger partial charge in [-0.2, -0.15) is 12.7 Å². The number of alkyl carbamates (subject to hydrolysis) is 1. The Labute approximate surface area is 205 Å². The maximum absolute atomic E-state index is 13.1. The van der Waals surface area contributed by atoms with Gasteiger partial charge in [0.05, 0.1) is 0 Å². The third-order valence-electron chi connectivity index (χ3n) is 5.17. The summed E-state index contributed by atoms with van der Waals surface area (Å²) in [6, 6.07) is 8.95. The molecule has 0 aliphatic carbocycles. The van der Waals surface area contributed by atoms with Crippen molar-refractivity contribution in [3.63, 3.8) is 0 Å². The van der Waals surface area contributed by atoms with Gasteiger partial charge >= 0.3 is 12.1 Å². The predicted molar refractivity (Wildman–Crippen MR) is 129 cm³/mol. The van der Waals surface area contributed by atoms with E-state index in [4.69, 9.17) is 9.47 Å². The van der Waals surface area contributed by atoms with Crippen molar-refractivity contribution in [1.82, 2.24) is 14.3 Å². The first-order valence-electron chi connectivity index (χ1n) is 11.0. The second kappa shape index (κ2) is 12.0. The van der Waals surface area contributed by atoms with E-state index in [1.165, 1.54) is 6.08 Å². The zero-order valence-electron chi connectivity index (χ0n) is 20.1. The molecule has 0 spiro atoms. The van der Waals surface area contributed by atoms with Gasteiger partial charge in [0, 0.05) is 31.1 Å². The van der Waals surface area contributed by atoms with Crippen LogP contribution in [0.2, 0.25) is 0 Å². The van der Waals surface area contributed by atoms with Crippen LogP contribution in [0.5, 0.6) is 0 Å². The molecule has 12 nitrogen and oxygen atoms in total. The van der Waals surface area contributed by atoms with Crippen molar-refractivity contribution in [1.29, 1.82) is 0 Å². The Morgan fingerprint density at radius 1 is 1.31 bits per heavy atom. The first kappa shape index (κ1) is 28.1. The van der Waals surface area contributed by atoms with Crippen molar-refractivity contribution in [3.05, 3.63) is 59.0 Å². The van der Waals surface area contributed by atoms with Gasteiger partial charge in [0.1, 0.15) is 12.2 Å². The molecule has 1 aromatic rings. The summed E-state index contributed by atoms with van der Waals surface area (Å²) in [6.07, 6.45) is 1.09. The summed E-state index contributed by atoms with van der Waals surface area (Å²) in [7, 11) is -4.07. The Bertz CT molecular complexity index is 1050. The van der Waals surface area contributed by atoms with Crippen molar-refractivity contribution >= 4 is 22.3 Å². The SMILES string of the molecule is C=CC[C@H]1CN(S(=O)(=O)NCCNC(=O)OC(C)(C)C)C[C@@]1(N=[N+]=[N-])C(=O)OCc1ccccc1. The van der Waals surface area contributed by atoms with Crippen LogP contribution in [0, 0.1) is 5.92 Å². The molecule has 1 aliphatic rings. The van der Waals surface area contributed by atoms with Crippen molar-refractivity contribution in [2.45, 2.75) is 44.9 Å². The summed E-state index contributed by atoms with van der Waals surface area (Å²) in [6.45, 7) is 8.15. The second-order valence-electron chi connectivity index (χ2n) is 9.02. The molecule has 2 N–H and O–H groups in total. The molecule has 1 aromatic carbocycles. The number of carbonyl (C=O) groups is 2. The number of nitrogens with zero attached hydrogens (tertiary/aromatic N) is 4. The number of benzene rings is 1. The van der Waals surface area contributed by atoms with E-state index in [0.717, 1.165) is 9.87 Å².